The predicted octanol–water partition coefficient (Wildman–Crippen LogP) is 3.25. The maximum absolute atomic E-state index is 11.4. The summed E-state index contributed by atoms with van der Waals surface area (Å²) in [6.45, 7) is 3.94. The maximum atomic E-state index is 11.4. The Morgan fingerprint density at radius 3 is 2.63 bits per heavy atom. The van der Waals surface area contributed by atoms with Gasteiger partial charge < -0.3 is 5.11 Å². The number of nitrogens with zero attached hydrogens (tertiary/aromatic N) is 1. The molecule has 0 aliphatic rings. The number of carboxylic acid groups (broad SMARTS) is 1. The number of carboxylic acids is 1. The number of aryl methyl sites for hydroxylation is 2. The van der Waals surface area contributed by atoms with Crippen molar-refractivity contribution in [1.29, 1.82) is 0 Å². The molecule has 0 bridgehead atoms. The zero-order valence-electron chi connectivity index (χ0n) is 11.1. The zero-order chi connectivity index (χ0) is 13.8. The minimum atomic E-state index is -0.754. The van der Waals surface area contributed by atoms with Crippen LogP contribution in [-0.2, 0) is 17.6 Å². The fourth-order valence-corrected chi connectivity index (χ4v) is 2.91. The molecule has 1 aromatic heterocycles. The molecule has 0 aliphatic heterocycles. The Hall–Kier alpha value is -1.68. The third-order valence-corrected chi connectivity index (χ3v) is 4.15. The normalized spacial score (nSPS) is 12.3. The molecule has 4 heteroatoms. The van der Waals surface area contributed by atoms with Crippen LogP contribution in [0.15, 0.2) is 29.6 Å². The molecule has 0 aliphatic carbocycles. The van der Waals surface area contributed by atoms with Gasteiger partial charge in [0, 0.05) is 17.5 Å². The van der Waals surface area contributed by atoms with Crippen LogP contribution in [0, 0.1) is 19.8 Å². The predicted molar refractivity (Wildman–Crippen MR) is 76.6 cm³/mol. The van der Waals surface area contributed by atoms with Crippen LogP contribution in [0.25, 0.3) is 0 Å². The first kappa shape index (κ1) is 13.7. The average molecular weight is 275 g/mol. The van der Waals surface area contributed by atoms with E-state index in [9.17, 15) is 9.90 Å². The molecule has 0 saturated carbocycles. The van der Waals surface area contributed by atoms with Crippen molar-refractivity contribution in [3.8, 4) is 0 Å². The summed E-state index contributed by atoms with van der Waals surface area (Å²) in [6, 6.07) is 7.94. The van der Waals surface area contributed by atoms with E-state index in [0.29, 0.717) is 12.8 Å². The quantitative estimate of drug-likeness (QED) is 0.911. The fourth-order valence-electron chi connectivity index (χ4n) is 2.06. The summed E-state index contributed by atoms with van der Waals surface area (Å²) in [4.78, 5) is 15.8. The summed E-state index contributed by atoms with van der Waals surface area (Å²) in [5.74, 6) is -1.16. The van der Waals surface area contributed by atoms with E-state index < -0.39 is 11.9 Å². The second-order valence-corrected chi connectivity index (χ2v) is 5.70. The van der Waals surface area contributed by atoms with Crippen molar-refractivity contribution < 1.29 is 9.90 Å². The third kappa shape index (κ3) is 3.64. The fraction of sp³-hybridized carbons (Fsp3) is 0.333. The molecular formula is C15H17NO2S. The van der Waals surface area contributed by atoms with Crippen molar-refractivity contribution in [1.82, 2.24) is 4.98 Å². The molecule has 1 atom stereocenters. The third-order valence-electron chi connectivity index (χ3n) is 3.16. The molecule has 0 amide bonds. The van der Waals surface area contributed by atoms with Gasteiger partial charge in [0.2, 0.25) is 0 Å². The summed E-state index contributed by atoms with van der Waals surface area (Å²) in [5.41, 5.74) is 3.20. The first-order chi connectivity index (χ1) is 9.06. The van der Waals surface area contributed by atoms with E-state index >= 15 is 0 Å². The molecule has 1 N–H and O–H groups in total. The number of aromatic nitrogens is 1. The Kier molecular flexibility index (Phi) is 4.32. The number of hydrogen-bond donors (Lipinski definition) is 1. The smallest absolute Gasteiger partial charge is 0.307 e. The second kappa shape index (κ2) is 5.97. The molecule has 1 aromatic carbocycles. The Morgan fingerprint density at radius 2 is 2.05 bits per heavy atom. The molecule has 100 valence electrons. The molecular weight excluding hydrogens is 258 g/mol. The highest BCUT2D eigenvalue weighted by atomic mass is 32.1. The lowest BCUT2D eigenvalue weighted by atomic mass is 9.94. The van der Waals surface area contributed by atoms with Gasteiger partial charge in [-0.1, -0.05) is 24.3 Å². The lowest BCUT2D eigenvalue weighted by Gasteiger charge is -2.12. The second-order valence-electron chi connectivity index (χ2n) is 4.75. The minimum Gasteiger partial charge on any atom is -0.481 e. The van der Waals surface area contributed by atoms with Crippen LogP contribution < -0.4 is 0 Å². The largest absolute Gasteiger partial charge is 0.481 e. The van der Waals surface area contributed by atoms with Gasteiger partial charge in [-0.2, -0.15) is 0 Å². The van der Waals surface area contributed by atoms with Crippen LogP contribution in [0.3, 0.4) is 0 Å². The number of aliphatic carboxylic acids is 1. The van der Waals surface area contributed by atoms with Gasteiger partial charge in [0.05, 0.1) is 10.9 Å². The minimum absolute atomic E-state index is 0.411. The monoisotopic (exact) mass is 275 g/mol. The van der Waals surface area contributed by atoms with Crippen LogP contribution in [0.1, 0.15) is 21.8 Å². The van der Waals surface area contributed by atoms with Gasteiger partial charge in [-0.25, -0.2) is 4.98 Å². The number of thiazole rings is 1. The molecule has 0 saturated heterocycles. The van der Waals surface area contributed by atoms with Crippen molar-refractivity contribution >= 4 is 17.3 Å². The highest BCUT2D eigenvalue weighted by molar-refractivity contribution is 7.09. The van der Waals surface area contributed by atoms with E-state index in [4.69, 9.17) is 0 Å². The first-order valence-corrected chi connectivity index (χ1v) is 7.12. The van der Waals surface area contributed by atoms with Crippen LogP contribution >= 0.6 is 11.3 Å². The van der Waals surface area contributed by atoms with Crippen LogP contribution in [0.5, 0.6) is 0 Å². The molecule has 3 nitrogen and oxygen atoms in total. The van der Waals surface area contributed by atoms with Gasteiger partial charge in [0.15, 0.2) is 0 Å². The number of rotatable bonds is 5. The molecule has 2 aromatic rings. The topological polar surface area (TPSA) is 50.2 Å². The number of benzene rings is 1. The Labute approximate surface area is 116 Å². The van der Waals surface area contributed by atoms with Gasteiger partial charge >= 0.3 is 5.97 Å². The number of hydrogen-bond acceptors (Lipinski definition) is 3. The van der Waals surface area contributed by atoms with E-state index in [1.807, 2.05) is 43.5 Å². The average Bonchev–Trinajstić information content (AvgIpc) is 2.76. The van der Waals surface area contributed by atoms with E-state index in [1.165, 1.54) is 11.3 Å². The highest BCUT2D eigenvalue weighted by Crippen LogP contribution is 2.19. The van der Waals surface area contributed by atoms with Crippen molar-refractivity contribution in [2.75, 3.05) is 0 Å². The molecule has 2 rings (SSSR count). The first-order valence-electron chi connectivity index (χ1n) is 6.24. The van der Waals surface area contributed by atoms with Crippen LogP contribution in [0.2, 0.25) is 0 Å². The number of carbonyl (C=O) groups is 1. The van der Waals surface area contributed by atoms with Crippen LogP contribution in [0.4, 0.5) is 0 Å². The van der Waals surface area contributed by atoms with E-state index in [0.717, 1.165) is 21.8 Å². The summed E-state index contributed by atoms with van der Waals surface area (Å²) in [6.07, 6.45) is 1.06. The SMILES string of the molecule is Cc1csc(CC(Cc2ccccc2C)C(=O)O)n1. The molecule has 19 heavy (non-hydrogen) atoms. The van der Waals surface area contributed by atoms with Crippen molar-refractivity contribution in [2.24, 2.45) is 5.92 Å². The van der Waals surface area contributed by atoms with Gasteiger partial charge in [0.1, 0.15) is 0 Å². The van der Waals surface area contributed by atoms with Crippen molar-refractivity contribution in [3.63, 3.8) is 0 Å². The van der Waals surface area contributed by atoms with Crippen LogP contribution in [-0.4, -0.2) is 16.1 Å². The zero-order valence-corrected chi connectivity index (χ0v) is 11.9. The lowest BCUT2D eigenvalue weighted by molar-refractivity contribution is -0.141. The molecule has 1 heterocycles. The van der Waals surface area contributed by atoms with E-state index in [2.05, 4.69) is 4.98 Å². The van der Waals surface area contributed by atoms with E-state index in [1.54, 1.807) is 0 Å². The Balaban J connectivity index is 2.13. The molecule has 1 unspecified atom stereocenters. The van der Waals surface area contributed by atoms with Crippen molar-refractivity contribution in [3.05, 3.63) is 51.5 Å². The standard InChI is InChI=1S/C15H17NO2S/c1-10-5-3-4-6-12(10)7-13(15(17)18)8-14-16-11(2)9-19-14/h3-6,9,13H,7-8H2,1-2H3,(H,17,18). The molecule has 0 fully saturated rings. The van der Waals surface area contributed by atoms with Gasteiger partial charge in [-0.15, -0.1) is 11.3 Å². The maximum Gasteiger partial charge on any atom is 0.307 e. The van der Waals surface area contributed by atoms with Gasteiger partial charge in [0.25, 0.3) is 0 Å². The van der Waals surface area contributed by atoms with E-state index in [-0.39, 0.29) is 0 Å². The molecule has 0 radical (unpaired) electrons. The summed E-state index contributed by atoms with van der Waals surface area (Å²) in [7, 11) is 0. The highest BCUT2D eigenvalue weighted by Gasteiger charge is 2.20. The van der Waals surface area contributed by atoms with Gasteiger partial charge in [-0.05, 0) is 31.4 Å². The summed E-state index contributed by atoms with van der Waals surface area (Å²) in [5, 5.41) is 12.2. The Morgan fingerprint density at radius 1 is 1.32 bits per heavy atom. The lowest BCUT2D eigenvalue weighted by Crippen LogP contribution is -2.19. The Bertz CT molecular complexity index is 577. The summed E-state index contributed by atoms with van der Waals surface area (Å²) >= 11 is 1.54. The van der Waals surface area contributed by atoms with Crippen molar-refractivity contribution in [2.45, 2.75) is 26.7 Å². The van der Waals surface area contributed by atoms with Gasteiger partial charge in [-0.3, -0.25) is 4.79 Å². The summed E-state index contributed by atoms with van der Waals surface area (Å²) < 4.78 is 0. The molecule has 0 spiro atoms.